The summed E-state index contributed by atoms with van der Waals surface area (Å²) in [4.78, 5) is 11.7. The lowest BCUT2D eigenvalue weighted by atomic mass is 10.0. The second-order valence-electron chi connectivity index (χ2n) is 5.23. The summed E-state index contributed by atoms with van der Waals surface area (Å²) in [5, 5.41) is 9.59. The average Bonchev–Trinajstić information content (AvgIpc) is 2.60. The molecule has 5 heteroatoms. The molecule has 1 aliphatic rings. The number of carbonyl (C=O) groups is 1. The number of rotatable bonds is 5. The molecule has 5 nitrogen and oxygen atoms in total. The van der Waals surface area contributed by atoms with E-state index in [1.54, 1.807) is 24.3 Å². The molecule has 1 aliphatic heterocycles. The molecule has 124 valence electrons. The number of fused-ring (bicyclic) bond motifs is 1. The van der Waals surface area contributed by atoms with Gasteiger partial charge in [0.15, 0.2) is 11.5 Å². The Morgan fingerprint density at radius 2 is 1.96 bits per heavy atom. The van der Waals surface area contributed by atoms with Gasteiger partial charge in [0, 0.05) is 0 Å². The number of aliphatic carboxylic acids is 1. The molecule has 0 unspecified atom stereocenters. The fourth-order valence-corrected chi connectivity index (χ4v) is 2.51. The van der Waals surface area contributed by atoms with Crippen LogP contribution in [0.1, 0.15) is 18.1 Å². The van der Waals surface area contributed by atoms with Gasteiger partial charge in [0.1, 0.15) is 19.0 Å². The molecule has 0 aliphatic carbocycles. The first-order valence-corrected chi connectivity index (χ1v) is 7.75. The first-order chi connectivity index (χ1) is 11.7. The Balaban J connectivity index is 1.98. The Morgan fingerprint density at radius 1 is 1.17 bits per heavy atom. The van der Waals surface area contributed by atoms with Gasteiger partial charge in [-0.3, -0.25) is 0 Å². The summed E-state index contributed by atoms with van der Waals surface area (Å²) in [5.74, 6) is 0.897. The normalized spacial score (nSPS) is 13.5. The van der Waals surface area contributed by atoms with Crippen LogP contribution in [0.25, 0.3) is 11.6 Å². The maximum Gasteiger partial charge on any atom is 0.336 e. The van der Waals surface area contributed by atoms with Gasteiger partial charge in [0.05, 0.1) is 12.2 Å². The van der Waals surface area contributed by atoms with E-state index in [-0.39, 0.29) is 5.57 Å². The van der Waals surface area contributed by atoms with E-state index in [4.69, 9.17) is 14.2 Å². The fraction of sp³-hybridized carbons (Fsp3) is 0.211. The second-order valence-corrected chi connectivity index (χ2v) is 5.23. The van der Waals surface area contributed by atoms with E-state index in [1.807, 2.05) is 31.2 Å². The van der Waals surface area contributed by atoms with E-state index in [2.05, 4.69) is 0 Å². The molecule has 1 heterocycles. The molecule has 0 aromatic heterocycles. The van der Waals surface area contributed by atoms with Crippen molar-refractivity contribution >= 4 is 17.6 Å². The topological polar surface area (TPSA) is 65.0 Å². The SMILES string of the molecule is CCOc1cccc(/C=C(\C(=O)O)c2ccc3c(c2)OCCO3)c1. The molecule has 0 amide bonds. The van der Waals surface area contributed by atoms with Crippen molar-refractivity contribution < 1.29 is 24.1 Å². The Labute approximate surface area is 140 Å². The highest BCUT2D eigenvalue weighted by Crippen LogP contribution is 2.33. The summed E-state index contributed by atoms with van der Waals surface area (Å²) in [6.45, 7) is 3.42. The van der Waals surface area contributed by atoms with Gasteiger partial charge in [-0.05, 0) is 48.4 Å². The van der Waals surface area contributed by atoms with E-state index in [0.29, 0.717) is 42.6 Å². The Morgan fingerprint density at radius 3 is 2.71 bits per heavy atom. The number of benzene rings is 2. The molecule has 0 saturated carbocycles. The van der Waals surface area contributed by atoms with E-state index in [1.165, 1.54) is 0 Å². The summed E-state index contributed by atoms with van der Waals surface area (Å²) in [5.41, 5.74) is 1.50. The highest BCUT2D eigenvalue weighted by atomic mass is 16.6. The van der Waals surface area contributed by atoms with Crippen molar-refractivity contribution in [2.45, 2.75) is 6.92 Å². The largest absolute Gasteiger partial charge is 0.494 e. The molecule has 1 N–H and O–H groups in total. The lowest BCUT2D eigenvalue weighted by molar-refractivity contribution is -0.130. The second kappa shape index (κ2) is 7.08. The van der Waals surface area contributed by atoms with Crippen molar-refractivity contribution in [1.82, 2.24) is 0 Å². The van der Waals surface area contributed by atoms with Gasteiger partial charge in [-0.1, -0.05) is 18.2 Å². The van der Waals surface area contributed by atoms with Crippen LogP contribution in [0.15, 0.2) is 42.5 Å². The van der Waals surface area contributed by atoms with Gasteiger partial charge in [-0.15, -0.1) is 0 Å². The third kappa shape index (κ3) is 3.51. The predicted molar refractivity (Wildman–Crippen MR) is 90.5 cm³/mol. The maximum atomic E-state index is 11.7. The molecule has 0 fully saturated rings. The van der Waals surface area contributed by atoms with Crippen LogP contribution in [-0.2, 0) is 4.79 Å². The quantitative estimate of drug-likeness (QED) is 0.673. The zero-order chi connectivity index (χ0) is 16.9. The number of ether oxygens (including phenoxy) is 3. The van der Waals surface area contributed by atoms with Crippen molar-refractivity contribution in [1.29, 1.82) is 0 Å². The molecule has 2 aromatic carbocycles. The monoisotopic (exact) mass is 326 g/mol. The van der Waals surface area contributed by atoms with Crippen molar-refractivity contribution in [3.8, 4) is 17.2 Å². The lowest BCUT2D eigenvalue weighted by Crippen LogP contribution is -2.15. The molecule has 0 bridgehead atoms. The number of hydrogen-bond donors (Lipinski definition) is 1. The first-order valence-electron chi connectivity index (χ1n) is 7.75. The van der Waals surface area contributed by atoms with E-state index in [9.17, 15) is 9.90 Å². The van der Waals surface area contributed by atoms with E-state index < -0.39 is 5.97 Å². The molecular weight excluding hydrogens is 308 g/mol. The summed E-state index contributed by atoms with van der Waals surface area (Å²) in [6.07, 6.45) is 1.62. The molecule has 0 radical (unpaired) electrons. The Hall–Kier alpha value is -2.95. The minimum absolute atomic E-state index is 0.181. The van der Waals surface area contributed by atoms with Crippen LogP contribution >= 0.6 is 0 Å². The van der Waals surface area contributed by atoms with Gasteiger partial charge in [-0.25, -0.2) is 4.79 Å². The predicted octanol–water partition coefficient (Wildman–Crippen LogP) is 3.48. The van der Waals surface area contributed by atoms with Gasteiger partial charge in [0.25, 0.3) is 0 Å². The third-order valence-corrected chi connectivity index (χ3v) is 3.56. The lowest BCUT2D eigenvalue weighted by Gasteiger charge is -2.19. The van der Waals surface area contributed by atoms with E-state index >= 15 is 0 Å². The number of carboxylic acid groups (broad SMARTS) is 1. The van der Waals surface area contributed by atoms with Crippen LogP contribution in [0.5, 0.6) is 17.2 Å². The zero-order valence-corrected chi connectivity index (χ0v) is 13.3. The summed E-state index contributed by atoms with van der Waals surface area (Å²) in [6, 6.07) is 12.5. The van der Waals surface area contributed by atoms with Gasteiger partial charge in [-0.2, -0.15) is 0 Å². The maximum absolute atomic E-state index is 11.7. The van der Waals surface area contributed by atoms with Crippen molar-refractivity contribution in [3.63, 3.8) is 0 Å². The molecule has 0 saturated heterocycles. The van der Waals surface area contributed by atoms with Crippen LogP contribution in [0, 0.1) is 0 Å². The highest BCUT2D eigenvalue weighted by Gasteiger charge is 2.16. The fourth-order valence-electron chi connectivity index (χ4n) is 2.51. The molecule has 2 aromatic rings. The Bertz CT molecular complexity index is 779. The zero-order valence-electron chi connectivity index (χ0n) is 13.3. The third-order valence-electron chi connectivity index (χ3n) is 3.56. The van der Waals surface area contributed by atoms with Crippen LogP contribution in [0.4, 0.5) is 0 Å². The first kappa shape index (κ1) is 15.9. The minimum Gasteiger partial charge on any atom is -0.494 e. The standard InChI is InChI=1S/C19H18O5/c1-2-22-15-5-3-4-13(10-15)11-16(19(20)21)14-6-7-17-18(12-14)24-9-8-23-17/h3-7,10-12H,2,8-9H2,1H3,(H,20,21)/b16-11-. The van der Waals surface area contributed by atoms with Crippen LogP contribution < -0.4 is 14.2 Å². The van der Waals surface area contributed by atoms with E-state index in [0.717, 1.165) is 5.56 Å². The van der Waals surface area contributed by atoms with Crippen molar-refractivity contribution in [2.75, 3.05) is 19.8 Å². The van der Waals surface area contributed by atoms with Gasteiger partial charge in [0.2, 0.25) is 0 Å². The van der Waals surface area contributed by atoms with Crippen molar-refractivity contribution in [3.05, 3.63) is 53.6 Å². The van der Waals surface area contributed by atoms with Gasteiger partial charge < -0.3 is 19.3 Å². The highest BCUT2D eigenvalue weighted by molar-refractivity contribution is 6.20. The molecular formula is C19H18O5. The molecule has 0 atom stereocenters. The van der Waals surface area contributed by atoms with Gasteiger partial charge >= 0.3 is 5.97 Å². The molecule has 0 spiro atoms. The summed E-state index contributed by atoms with van der Waals surface area (Å²) >= 11 is 0. The van der Waals surface area contributed by atoms with Crippen LogP contribution in [0.2, 0.25) is 0 Å². The molecule has 24 heavy (non-hydrogen) atoms. The van der Waals surface area contributed by atoms with Crippen molar-refractivity contribution in [2.24, 2.45) is 0 Å². The number of carboxylic acids is 1. The average molecular weight is 326 g/mol. The number of hydrogen-bond acceptors (Lipinski definition) is 4. The van der Waals surface area contributed by atoms with Crippen LogP contribution in [0.3, 0.4) is 0 Å². The minimum atomic E-state index is -1.01. The smallest absolute Gasteiger partial charge is 0.336 e. The molecule has 3 rings (SSSR count). The summed E-state index contributed by atoms with van der Waals surface area (Å²) < 4.78 is 16.5. The summed E-state index contributed by atoms with van der Waals surface area (Å²) in [7, 11) is 0. The van der Waals surface area contributed by atoms with Crippen LogP contribution in [-0.4, -0.2) is 30.9 Å². The Kier molecular flexibility index (Phi) is 4.70.